The van der Waals surface area contributed by atoms with Crippen LogP contribution in [-0.2, 0) is 10.0 Å². The molecule has 5 heteroatoms. The first-order chi connectivity index (χ1) is 8.21. The molecular weight excluding hydrogens is 248 g/mol. The van der Waals surface area contributed by atoms with Crippen molar-refractivity contribution >= 4 is 10.0 Å². The molecule has 0 aliphatic rings. The van der Waals surface area contributed by atoms with E-state index >= 15 is 0 Å². The monoisotopic (exact) mass is 270 g/mol. The summed E-state index contributed by atoms with van der Waals surface area (Å²) in [5.41, 5.74) is 8.17. The zero-order valence-electron chi connectivity index (χ0n) is 11.7. The van der Waals surface area contributed by atoms with Gasteiger partial charge in [0, 0.05) is 19.6 Å². The number of benzene rings is 1. The lowest BCUT2D eigenvalue weighted by Crippen LogP contribution is -2.40. The molecule has 1 unspecified atom stereocenters. The van der Waals surface area contributed by atoms with Gasteiger partial charge < -0.3 is 5.73 Å². The summed E-state index contributed by atoms with van der Waals surface area (Å²) >= 11 is 0. The Labute approximate surface area is 110 Å². The summed E-state index contributed by atoms with van der Waals surface area (Å²) in [5, 5.41) is 0. The number of aryl methyl sites for hydroxylation is 3. The Morgan fingerprint density at radius 1 is 1.22 bits per heavy atom. The summed E-state index contributed by atoms with van der Waals surface area (Å²) < 4.78 is 26.5. The highest BCUT2D eigenvalue weighted by atomic mass is 32.2. The molecule has 1 rings (SSSR count). The Bertz CT molecular complexity index is 515. The molecule has 4 nitrogen and oxygen atoms in total. The summed E-state index contributed by atoms with van der Waals surface area (Å²) in [4.78, 5) is 0.399. The summed E-state index contributed by atoms with van der Waals surface area (Å²) in [5.74, 6) is 0. The minimum atomic E-state index is -3.48. The number of nitrogens with two attached hydrogens (primary N) is 1. The summed E-state index contributed by atoms with van der Waals surface area (Å²) in [6.07, 6.45) is 0. The number of nitrogens with zero attached hydrogens (tertiary/aromatic N) is 1. The molecule has 18 heavy (non-hydrogen) atoms. The smallest absolute Gasteiger partial charge is 0.243 e. The molecule has 1 aromatic carbocycles. The quantitative estimate of drug-likeness (QED) is 0.903. The zero-order valence-corrected chi connectivity index (χ0v) is 12.5. The van der Waals surface area contributed by atoms with Crippen molar-refractivity contribution in [3.05, 3.63) is 28.8 Å². The standard InChI is InChI=1S/C13H22N2O2S/c1-9-6-10(2)13(11(3)7-9)18(16,17)15(5)12(4)8-14/h6-7,12H,8,14H2,1-5H3. The highest BCUT2D eigenvalue weighted by Gasteiger charge is 2.27. The zero-order chi connectivity index (χ0) is 14.1. The van der Waals surface area contributed by atoms with Crippen LogP contribution in [0, 0.1) is 20.8 Å². The number of hydrogen-bond acceptors (Lipinski definition) is 3. The predicted octanol–water partition coefficient (Wildman–Crippen LogP) is 1.58. The van der Waals surface area contributed by atoms with E-state index in [0.29, 0.717) is 11.4 Å². The van der Waals surface area contributed by atoms with Gasteiger partial charge >= 0.3 is 0 Å². The molecule has 0 aliphatic heterocycles. The van der Waals surface area contributed by atoms with E-state index in [9.17, 15) is 8.42 Å². The van der Waals surface area contributed by atoms with E-state index < -0.39 is 10.0 Å². The van der Waals surface area contributed by atoms with Gasteiger partial charge in [-0.1, -0.05) is 17.7 Å². The molecule has 0 aliphatic carbocycles. The van der Waals surface area contributed by atoms with Gasteiger partial charge in [0.15, 0.2) is 0 Å². The van der Waals surface area contributed by atoms with Gasteiger partial charge in [0.2, 0.25) is 10.0 Å². The fraction of sp³-hybridized carbons (Fsp3) is 0.538. The predicted molar refractivity (Wildman–Crippen MR) is 74.1 cm³/mol. The van der Waals surface area contributed by atoms with Crippen LogP contribution in [0.2, 0.25) is 0 Å². The molecule has 1 atom stereocenters. The molecule has 0 radical (unpaired) electrons. The van der Waals surface area contributed by atoms with Crippen molar-refractivity contribution in [1.29, 1.82) is 0 Å². The van der Waals surface area contributed by atoms with E-state index in [0.717, 1.165) is 16.7 Å². The highest BCUT2D eigenvalue weighted by Crippen LogP contribution is 2.25. The second kappa shape index (κ2) is 5.38. The fourth-order valence-electron chi connectivity index (χ4n) is 2.10. The molecule has 0 spiro atoms. The Hall–Kier alpha value is -0.910. The number of rotatable bonds is 4. The first-order valence-corrected chi connectivity index (χ1v) is 7.41. The normalized spacial score (nSPS) is 13.9. The van der Waals surface area contributed by atoms with E-state index in [1.54, 1.807) is 14.0 Å². The molecule has 0 aromatic heterocycles. The molecule has 0 saturated carbocycles. The van der Waals surface area contributed by atoms with Crippen molar-refractivity contribution in [2.75, 3.05) is 13.6 Å². The molecule has 0 heterocycles. The average Bonchev–Trinajstić information content (AvgIpc) is 2.24. The van der Waals surface area contributed by atoms with Gasteiger partial charge in [0.25, 0.3) is 0 Å². The van der Waals surface area contributed by atoms with E-state index in [2.05, 4.69) is 0 Å². The maximum atomic E-state index is 12.6. The first-order valence-electron chi connectivity index (χ1n) is 5.97. The van der Waals surface area contributed by atoms with Crippen LogP contribution in [0.5, 0.6) is 0 Å². The Morgan fingerprint density at radius 2 is 1.67 bits per heavy atom. The lowest BCUT2D eigenvalue weighted by molar-refractivity contribution is 0.394. The van der Waals surface area contributed by atoms with Crippen LogP contribution < -0.4 is 5.73 Å². The fourth-order valence-corrected chi connectivity index (χ4v) is 3.88. The third kappa shape index (κ3) is 2.74. The van der Waals surface area contributed by atoms with Crippen molar-refractivity contribution in [2.45, 2.75) is 38.6 Å². The third-order valence-electron chi connectivity index (χ3n) is 3.20. The second-order valence-corrected chi connectivity index (χ2v) is 6.77. The maximum Gasteiger partial charge on any atom is 0.243 e. The highest BCUT2D eigenvalue weighted by molar-refractivity contribution is 7.89. The van der Waals surface area contributed by atoms with Crippen LogP contribution >= 0.6 is 0 Å². The summed E-state index contributed by atoms with van der Waals surface area (Å²) in [6, 6.07) is 3.57. The van der Waals surface area contributed by atoms with Crippen LogP contribution in [0.1, 0.15) is 23.6 Å². The van der Waals surface area contributed by atoms with Gasteiger partial charge in [-0.15, -0.1) is 0 Å². The van der Waals surface area contributed by atoms with Crippen molar-refractivity contribution in [1.82, 2.24) is 4.31 Å². The van der Waals surface area contributed by atoms with Gasteiger partial charge in [-0.25, -0.2) is 8.42 Å². The van der Waals surface area contributed by atoms with Gasteiger partial charge in [0.05, 0.1) is 4.90 Å². The Morgan fingerprint density at radius 3 is 2.06 bits per heavy atom. The maximum absolute atomic E-state index is 12.6. The van der Waals surface area contributed by atoms with Crippen LogP contribution in [0.3, 0.4) is 0 Å². The molecule has 0 saturated heterocycles. The van der Waals surface area contributed by atoms with E-state index in [-0.39, 0.29) is 6.04 Å². The minimum Gasteiger partial charge on any atom is -0.329 e. The Balaban J connectivity index is 3.38. The topological polar surface area (TPSA) is 63.4 Å². The number of hydrogen-bond donors (Lipinski definition) is 1. The molecule has 0 bridgehead atoms. The molecule has 0 amide bonds. The van der Waals surface area contributed by atoms with Gasteiger partial charge in [-0.2, -0.15) is 4.31 Å². The number of sulfonamides is 1. The first kappa shape index (κ1) is 15.1. The van der Waals surface area contributed by atoms with Crippen molar-refractivity contribution < 1.29 is 8.42 Å². The van der Waals surface area contributed by atoms with Crippen LogP contribution in [0.15, 0.2) is 17.0 Å². The third-order valence-corrected chi connectivity index (χ3v) is 5.48. The SMILES string of the molecule is Cc1cc(C)c(S(=O)(=O)N(C)C(C)CN)c(C)c1. The molecular formula is C13H22N2O2S. The van der Waals surface area contributed by atoms with Gasteiger partial charge in [-0.05, 0) is 38.8 Å². The van der Waals surface area contributed by atoms with Crippen LogP contribution in [-0.4, -0.2) is 32.4 Å². The number of likely N-dealkylation sites (N-methyl/N-ethyl adjacent to an activating group) is 1. The molecule has 0 fully saturated rings. The van der Waals surface area contributed by atoms with E-state index in [1.807, 2.05) is 32.9 Å². The van der Waals surface area contributed by atoms with Gasteiger partial charge in [0.1, 0.15) is 0 Å². The average molecular weight is 270 g/mol. The summed E-state index contributed by atoms with van der Waals surface area (Å²) in [6.45, 7) is 7.72. The largest absolute Gasteiger partial charge is 0.329 e. The van der Waals surface area contributed by atoms with Gasteiger partial charge in [-0.3, -0.25) is 0 Å². The summed E-state index contributed by atoms with van der Waals surface area (Å²) in [7, 11) is -1.90. The van der Waals surface area contributed by atoms with Crippen molar-refractivity contribution in [3.8, 4) is 0 Å². The van der Waals surface area contributed by atoms with E-state index in [1.165, 1.54) is 4.31 Å². The second-order valence-electron chi connectivity index (χ2n) is 4.83. The molecule has 2 N–H and O–H groups in total. The van der Waals surface area contributed by atoms with E-state index in [4.69, 9.17) is 5.73 Å². The lowest BCUT2D eigenvalue weighted by atomic mass is 10.1. The van der Waals surface area contributed by atoms with Crippen molar-refractivity contribution in [3.63, 3.8) is 0 Å². The van der Waals surface area contributed by atoms with Crippen molar-refractivity contribution in [2.24, 2.45) is 5.73 Å². The van der Waals surface area contributed by atoms with Crippen LogP contribution in [0.25, 0.3) is 0 Å². The van der Waals surface area contributed by atoms with Crippen LogP contribution in [0.4, 0.5) is 0 Å². The molecule has 1 aromatic rings. The Kier molecular flexibility index (Phi) is 4.53. The lowest BCUT2D eigenvalue weighted by Gasteiger charge is -2.25. The minimum absolute atomic E-state index is 0.213. The molecule has 102 valence electrons.